The normalized spacial score (nSPS) is 15.4. The molecule has 5 heteroatoms. The second-order valence-electron chi connectivity index (χ2n) is 7.01. The zero-order chi connectivity index (χ0) is 17.5. The summed E-state index contributed by atoms with van der Waals surface area (Å²) in [5, 5.41) is 12.1. The lowest BCUT2D eigenvalue weighted by atomic mass is 9.92. The van der Waals surface area contributed by atoms with Gasteiger partial charge in [-0.3, -0.25) is 4.79 Å². The number of ether oxygens (including phenoxy) is 1. The highest BCUT2D eigenvalue weighted by molar-refractivity contribution is 5.72. The predicted molar refractivity (Wildman–Crippen MR) is 87.8 cm³/mol. The van der Waals surface area contributed by atoms with Gasteiger partial charge in [-0.05, 0) is 40.0 Å². The summed E-state index contributed by atoms with van der Waals surface area (Å²) in [6.45, 7) is 13.2. The van der Waals surface area contributed by atoms with Gasteiger partial charge in [0.05, 0.1) is 12.0 Å². The van der Waals surface area contributed by atoms with Crippen LogP contribution in [0.15, 0.2) is 11.6 Å². The summed E-state index contributed by atoms with van der Waals surface area (Å²) in [5.74, 6) is -1.22. The van der Waals surface area contributed by atoms with Crippen LogP contribution in [0.25, 0.3) is 0 Å². The van der Waals surface area contributed by atoms with Crippen molar-refractivity contribution in [1.29, 1.82) is 0 Å². The minimum absolute atomic E-state index is 0.139. The van der Waals surface area contributed by atoms with Crippen LogP contribution in [0.3, 0.4) is 0 Å². The minimum atomic E-state index is -0.832. The number of nitrogens with one attached hydrogen (secondary N) is 1. The number of rotatable bonds is 7. The fourth-order valence-electron chi connectivity index (χ4n) is 2.25. The molecular weight excluding hydrogens is 282 g/mol. The van der Waals surface area contributed by atoms with Crippen molar-refractivity contribution in [3.63, 3.8) is 0 Å². The molecule has 2 N–H and O–H groups in total. The van der Waals surface area contributed by atoms with Gasteiger partial charge in [0.25, 0.3) is 0 Å². The van der Waals surface area contributed by atoms with Crippen molar-refractivity contribution in [2.24, 2.45) is 11.8 Å². The zero-order valence-electron chi connectivity index (χ0n) is 14.9. The highest BCUT2D eigenvalue weighted by Gasteiger charge is 2.24. The third kappa shape index (κ3) is 8.05. The van der Waals surface area contributed by atoms with E-state index in [1.807, 2.05) is 27.7 Å². The average molecular weight is 313 g/mol. The number of carboxylic acids is 1. The van der Waals surface area contributed by atoms with Crippen molar-refractivity contribution >= 4 is 12.1 Å². The van der Waals surface area contributed by atoms with Crippen LogP contribution in [0.2, 0.25) is 0 Å². The fourth-order valence-corrected chi connectivity index (χ4v) is 2.25. The molecule has 0 rings (SSSR count). The van der Waals surface area contributed by atoms with E-state index in [0.717, 1.165) is 12.0 Å². The maximum absolute atomic E-state index is 11.9. The van der Waals surface area contributed by atoms with Gasteiger partial charge in [0.1, 0.15) is 5.60 Å². The van der Waals surface area contributed by atoms with E-state index in [1.54, 1.807) is 26.8 Å². The molecule has 128 valence electrons. The Morgan fingerprint density at radius 1 is 1.27 bits per heavy atom. The highest BCUT2D eigenvalue weighted by Crippen LogP contribution is 2.18. The molecule has 0 aromatic rings. The van der Waals surface area contributed by atoms with E-state index in [-0.39, 0.29) is 12.0 Å². The second-order valence-corrected chi connectivity index (χ2v) is 7.01. The molecule has 0 fully saturated rings. The molecule has 0 saturated carbocycles. The summed E-state index contributed by atoms with van der Waals surface area (Å²) in [4.78, 5) is 23.2. The van der Waals surface area contributed by atoms with Gasteiger partial charge in [-0.1, -0.05) is 38.8 Å². The van der Waals surface area contributed by atoms with Gasteiger partial charge in [-0.15, -0.1) is 0 Å². The van der Waals surface area contributed by atoms with Gasteiger partial charge in [0.15, 0.2) is 0 Å². The summed E-state index contributed by atoms with van der Waals surface area (Å²) < 4.78 is 5.27. The van der Waals surface area contributed by atoms with E-state index in [9.17, 15) is 14.7 Å². The molecule has 0 saturated heterocycles. The molecule has 22 heavy (non-hydrogen) atoms. The van der Waals surface area contributed by atoms with E-state index >= 15 is 0 Å². The SMILES string of the molecule is CCC[C@H](/C=C(\C)[C@@H](NC(=O)OC(C)(C)C)C(C)C)C(=O)O. The molecule has 0 unspecified atom stereocenters. The van der Waals surface area contributed by atoms with E-state index in [0.29, 0.717) is 6.42 Å². The number of alkyl carbamates (subject to hydrolysis) is 1. The van der Waals surface area contributed by atoms with Crippen molar-refractivity contribution in [1.82, 2.24) is 5.32 Å². The maximum atomic E-state index is 11.9. The van der Waals surface area contributed by atoms with Crippen molar-refractivity contribution < 1.29 is 19.4 Å². The summed E-state index contributed by atoms with van der Waals surface area (Å²) in [6, 6.07) is -0.242. The Morgan fingerprint density at radius 2 is 1.82 bits per heavy atom. The van der Waals surface area contributed by atoms with Gasteiger partial charge in [-0.2, -0.15) is 0 Å². The van der Waals surface area contributed by atoms with Crippen LogP contribution in [-0.2, 0) is 9.53 Å². The van der Waals surface area contributed by atoms with Crippen LogP contribution >= 0.6 is 0 Å². The van der Waals surface area contributed by atoms with Crippen molar-refractivity contribution in [2.75, 3.05) is 0 Å². The fraction of sp³-hybridized carbons (Fsp3) is 0.765. The van der Waals surface area contributed by atoms with Crippen LogP contribution < -0.4 is 5.32 Å². The second kappa shape index (κ2) is 8.81. The molecule has 2 atom stereocenters. The third-order valence-corrected chi connectivity index (χ3v) is 3.21. The van der Waals surface area contributed by atoms with E-state index < -0.39 is 23.6 Å². The first kappa shape index (κ1) is 20.5. The summed E-state index contributed by atoms with van der Waals surface area (Å²) in [7, 11) is 0. The van der Waals surface area contributed by atoms with Crippen LogP contribution in [0.4, 0.5) is 4.79 Å². The summed E-state index contributed by atoms with van der Waals surface area (Å²) in [6.07, 6.45) is 2.64. The lowest BCUT2D eigenvalue weighted by Gasteiger charge is -2.27. The number of amides is 1. The Bertz CT molecular complexity index is 407. The predicted octanol–water partition coefficient (Wildman–Crippen LogP) is 3.98. The average Bonchev–Trinajstić information content (AvgIpc) is 2.32. The lowest BCUT2D eigenvalue weighted by molar-refractivity contribution is -0.140. The van der Waals surface area contributed by atoms with Gasteiger partial charge < -0.3 is 15.2 Å². The van der Waals surface area contributed by atoms with E-state index in [4.69, 9.17) is 4.74 Å². The van der Waals surface area contributed by atoms with Gasteiger partial charge in [0, 0.05) is 0 Å². The number of carbonyl (C=O) groups excluding carboxylic acids is 1. The number of carbonyl (C=O) groups is 2. The van der Waals surface area contributed by atoms with Crippen LogP contribution in [-0.4, -0.2) is 28.8 Å². The number of hydrogen-bond donors (Lipinski definition) is 2. The van der Waals surface area contributed by atoms with E-state index in [1.165, 1.54) is 0 Å². The van der Waals surface area contributed by atoms with Crippen molar-refractivity contribution in [2.45, 2.75) is 73.0 Å². The third-order valence-electron chi connectivity index (χ3n) is 3.21. The molecule has 0 aliphatic heterocycles. The van der Waals surface area contributed by atoms with Crippen LogP contribution in [0.5, 0.6) is 0 Å². The molecule has 1 amide bonds. The van der Waals surface area contributed by atoms with Crippen LogP contribution in [0.1, 0.15) is 61.3 Å². The zero-order valence-corrected chi connectivity index (χ0v) is 14.9. The van der Waals surface area contributed by atoms with Crippen molar-refractivity contribution in [3.8, 4) is 0 Å². The first-order valence-electron chi connectivity index (χ1n) is 7.88. The topological polar surface area (TPSA) is 75.6 Å². The van der Waals surface area contributed by atoms with Crippen LogP contribution in [0, 0.1) is 11.8 Å². The molecular formula is C17H31NO4. The van der Waals surface area contributed by atoms with E-state index in [2.05, 4.69) is 5.32 Å². The highest BCUT2D eigenvalue weighted by atomic mass is 16.6. The quantitative estimate of drug-likeness (QED) is 0.697. The van der Waals surface area contributed by atoms with Gasteiger partial charge in [0.2, 0.25) is 0 Å². The Kier molecular flexibility index (Phi) is 8.20. The first-order chi connectivity index (χ1) is 9.97. The smallest absolute Gasteiger partial charge is 0.408 e. The Morgan fingerprint density at radius 3 is 2.18 bits per heavy atom. The molecule has 0 heterocycles. The first-order valence-corrected chi connectivity index (χ1v) is 7.88. The molecule has 0 bridgehead atoms. The Balaban J connectivity index is 5.07. The van der Waals surface area contributed by atoms with Gasteiger partial charge >= 0.3 is 12.1 Å². The lowest BCUT2D eigenvalue weighted by Crippen LogP contribution is -2.42. The molecule has 5 nitrogen and oxygen atoms in total. The number of hydrogen-bond acceptors (Lipinski definition) is 3. The summed E-state index contributed by atoms with van der Waals surface area (Å²) in [5.41, 5.74) is 0.288. The monoisotopic (exact) mass is 313 g/mol. The van der Waals surface area contributed by atoms with Crippen molar-refractivity contribution in [3.05, 3.63) is 11.6 Å². The molecule has 0 radical (unpaired) electrons. The molecule has 0 aromatic heterocycles. The number of carboxylic acid groups (broad SMARTS) is 1. The number of aliphatic carboxylic acids is 1. The maximum Gasteiger partial charge on any atom is 0.408 e. The Labute approximate surface area is 134 Å². The largest absolute Gasteiger partial charge is 0.481 e. The molecule has 0 spiro atoms. The molecule has 0 aliphatic carbocycles. The standard InChI is InChI=1S/C17H31NO4/c1-8-9-13(15(19)20)10-12(4)14(11(2)3)18-16(21)22-17(5,6)7/h10-11,13-14H,8-9H2,1-7H3,(H,18,21)(H,19,20)/b12-10+/t13-,14+/m1/s1. The molecule has 0 aromatic carbocycles. The van der Waals surface area contributed by atoms with Gasteiger partial charge in [-0.25, -0.2) is 4.79 Å². The minimum Gasteiger partial charge on any atom is -0.481 e. The molecule has 0 aliphatic rings. The summed E-state index contributed by atoms with van der Waals surface area (Å²) >= 11 is 0. The Hall–Kier alpha value is -1.52.